The van der Waals surface area contributed by atoms with Gasteiger partial charge in [0, 0.05) is 0 Å². The highest BCUT2D eigenvalue weighted by molar-refractivity contribution is 5.49. The molecule has 0 aliphatic heterocycles. The van der Waals surface area contributed by atoms with Gasteiger partial charge >= 0.3 is 0 Å². The summed E-state index contributed by atoms with van der Waals surface area (Å²) < 4.78 is 5.42. The van der Waals surface area contributed by atoms with Crippen molar-refractivity contribution in [3.8, 4) is 5.75 Å². The summed E-state index contributed by atoms with van der Waals surface area (Å²) in [5.41, 5.74) is 7.54. The molecule has 96 valence electrons. The number of nitrogens with one attached hydrogen (secondary N) is 1. The molecule has 1 aromatic carbocycles. The summed E-state index contributed by atoms with van der Waals surface area (Å²) in [6.45, 7) is 6.23. The smallest absolute Gasteiger partial charge is 0.124 e. The number of hydrogen-bond donors (Lipinski definition) is 2. The Morgan fingerprint density at radius 1 is 1.24 bits per heavy atom. The lowest BCUT2D eigenvalue weighted by Gasteiger charge is -2.27. The summed E-state index contributed by atoms with van der Waals surface area (Å²) in [5, 5.41) is 0. The van der Waals surface area contributed by atoms with Crippen LogP contribution in [0.4, 0.5) is 0 Å². The number of methoxy groups -OCH3 is 1. The first-order chi connectivity index (χ1) is 7.93. The largest absolute Gasteiger partial charge is 0.496 e. The fourth-order valence-corrected chi connectivity index (χ4v) is 2.20. The van der Waals surface area contributed by atoms with E-state index in [1.54, 1.807) is 7.11 Å². The van der Waals surface area contributed by atoms with E-state index in [1.807, 2.05) is 19.0 Å². The molecule has 1 rings (SSSR count). The van der Waals surface area contributed by atoms with E-state index in [1.165, 1.54) is 16.7 Å². The predicted molar refractivity (Wildman–Crippen MR) is 71.0 cm³/mol. The molecule has 0 spiro atoms. The summed E-state index contributed by atoms with van der Waals surface area (Å²) >= 11 is 0. The van der Waals surface area contributed by atoms with Crippen molar-refractivity contribution in [1.82, 2.24) is 10.3 Å². The highest BCUT2D eigenvalue weighted by Crippen LogP contribution is 2.31. The molecule has 0 radical (unpaired) electrons. The topological polar surface area (TPSA) is 50.5 Å². The van der Waals surface area contributed by atoms with Crippen molar-refractivity contribution in [2.24, 2.45) is 5.84 Å². The standard InChI is InChI=1S/C13H23N3O/c1-8-7-11(13(15-14)16(4)5)9(2)10(3)12(8)17-6/h7,13,15H,14H2,1-6H3. The van der Waals surface area contributed by atoms with E-state index in [4.69, 9.17) is 10.6 Å². The normalized spacial score (nSPS) is 12.9. The average Bonchev–Trinajstić information content (AvgIpc) is 2.26. The van der Waals surface area contributed by atoms with Gasteiger partial charge in [0.15, 0.2) is 0 Å². The van der Waals surface area contributed by atoms with Gasteiger partial charge in [-0.3, -0.25) is 10.7 Å². The Morgan fingerprint density at radius 3 is 2.24 bits per heavy atom. The average molecular weight is 237 g/mol. The minimum absolute atomic E-state index is 0.0123. The summed E-state index contributed by atoms with van der Waals surface area (Å²) in [4.78, 5) is 2.05. The molecule has 1 unspecified atom stereocenters. The van der Waals surface area contributed by atoms with Crippen molar-refractivity contribution in [2.75, 3.05) is 21.2 Å². The van der Waals surface area contributed by atoms with Gasteiger partial charge in [0.1, 0.15) is 5.75 Å². The van der Waals surface area contributed by atoms with E-state index in [0.717, 1.165) is 11.3 Å². The van der Waals surface area contributed by atoms with Crippen LogP contribution in [0, 0.1) is 20.8 Å². The zero-order valence-electron chi connectivity index (χ0n) is 11.6. The Morgan fingerprint density at radius 2 is 1.82 bits per heavy atom. The van der Waals surface area contributed by atoms with Gasteiger partial charge < -0.3 is 4.74 Å². The minimum Gasteiger partial charge on any atom is -0.496 e. The summed E-state index contributed by atoms with van der Waals surface area (Å²) in [7, 11) is 5.71. The predicted octanol–water partition coefficient (Wildman–Crippen LogP) is 1.64. The third kappa shape index (κ3) is 2.60. The highest BCUT2D eigenvalue weighted by Gasteiger charge is 2.18. The van der Waals surface area contributed by atoms with Crippen molar-refractivity contribution >= 4 is 0 Å². The van der Waals surface area contributed by atoms with Gasteiger partial charge in [-0.05, 0) is 63.2 Å². The first-order valence-electron chi connectivity index (χ1n) is 5.71. The number of rotatable bonds is 4. The summed E-state index contributed by atoms with van der Waals surface area (Å²) in [5.74, 6) is 6.58. The minimum atomic E-state index is 0.0123. The molecule has 4 heteroatoms. The number of hydrogen-bond acceptors (Lipinski definition) is 4. The maximum absolute atomic E-state index is 5.62. The SMILES string of the molecule is COc1c(C)cc(C(NN)N(C)C)c(C)c1C. The van der Waals surface area contributed by atoms with Crippen LogP contribution in [-0.2, 0) is 0 Å². The van der Waals surface area contributed by atoms with Gasteiger partial charge in [-0.1, -0.05) is 0 Å². The quantitative estimate of drug-likeness (QED) is 0.475. The lowest BCUT2D eigenvalue weighted by atomic mass is 9.96. The van der Waals surface area contributed by atoms with Crippen LogP contribution in [0.3, 0.4) is 0 Å². The molecule has 0 heterocycles. The second-order valence-corrected chi connectivity index (χ2v) is 4.60. The highest BCUT2D eigenvalue weighted by atomic mass is 16.5. The van der Waals surface area contributed by atoms with Gasteiger partial charge in [0.25, 0.3) is 0 Å². The first kappa shape index (κ1) is 14.0. The third-order valence-electron chi connectivity index (χ3n) is 3.24. The molecule has 4 nitrogen and oxygen atoms in total. The van der Waals surface area contributed by atoms with Gasteiger partial charge in [0.05, 0.1) is 13.3 Å². The number of benzene rings is 1. The van der Waals surface area contributed by atoms with Gasteiger partial charge in [0.2, 0.25) is 0 Å². The number of hydrazine groups is 1. The van der Waals surface area contributed by atoms with E-state index < -0.39 is 0 Å². The van der Waals surface area contributed by atoms with Gasteiger partial charge in [-0.25, -0.2) is 5.43 Å². The monoisotopic (exact) mass is 237 g/mol. The van der Waals surface area contributed by atoms with Gasteiger partial charge in [-0.2, -0.15) is 0 Å². The van der Waals surface area contributed by atoms with Gasteiger partial charge in [-0.15, -0.1) is 0 Å². The van der Waals surface area contributed by atoms with E-state index in [0.29, 0.717) is 0 Å². The fraction of sp³-hybridized carbons (Fsp3) is 0.538. The van der Waals surface area contributed by atoms with Crippen LogP contribution in [-0.4, -0.2) is 26.1 Å². The van der Waals surface area contributed by atoms with Crippen LogP contribution in [0.2, 0.25) is 0 Å². The molecule has 17 heavy (non-hydrogen) atoms. The molecule has 0 aromatic heterocycles. The van der Waals surface area contributed by atoms with Crippen molar-refractivity contribution in [3.05, 3.63) is 28.3 Å². The molecule has 1 aromatic rings. The second-order valence-electron chi connectivity index (χ2n) is 4.60. The van der Waals surface area contributed by atoms with Crippen molar-refractivity contribution in [3.63, 3.8) is 0 Å². The summed E-state index contributed by atoms with van der Waals surface area (Å²) in [6, 6.07) is 2.13. The van der Waals surface area contributed by atoms with Crippen LogP contribution >= 0.6 is 0 Å². The Balaban J connectivity index is 3.36. The number of nitrogens with two attached hydrogens (primary N) is 1. The second kappa shape index (κ2) is 5.49. The molecule has 0 saturated carbocycles. The van der Waals surface area contributed by atoms with E-state index in [9.17, 15) is 0 Å². The number of ether oxygens (including phenoxy) is 1. The van der Waals surface area contributed by atoms with Crippen molar-refractivity contribution in [2.45, 2.75) is 26.9 Å². The van der Waals surface area contributed by atoms with Crippen LogP contribution < -0.4 is 16.0 Å². The Hall–Kier alpha value is -1.10. The third-order valence-corrected chi connectivity index (χ3v) is 3.24. The number of aryl methyl sites for hydroxylation is 1. The molecule has 0 saturated heterocycles. The molecular formula is C13H23N3O. The van der Waals surface area contributed by atoms with E-state index in [-0.39, 0.29) is 6.17 Å². The lowest BCUT2D eigenvalue weighted by molar-refractivity contribution is 0.251. The molecule has 0 amide bonds. The Bertz CT molecular complexity index is 402. The molecule has 0 bridgehead atoms. The van der Waals surface area contributed by atoms with Crippen LogP contribution in [0.5, 0.6) is 5.75 Å². The van der Waals surface area contributed by atoms with Crippen LogP contribution in [0.15, 0.2) is 6.07 Å². The maximum Gasteiger partial charge on any atom is 0.124 e. The van der Waals surface area contributed by atoms with E-state index in [2.05, 4.69) is 32.3 Å². The maximum atomic E-state index is 5.62. The van der Waals surface area contributed by atoms with Crippen LogP contribution in [0.1, 0.15) is 28.4 Å². The molecule has 1 atom stereocenters. The zero-order chi connectivity index (χ0) is 13.2. The molecule has 3 N–H and O–H groups in total. The van der Waals surface area contributed by atoms with Crippen molar-refractivity contribution in [1.29, 1.82) is 0 Å². The fourth-order valence-electron chi connectivity index (χ4n) is 2.20. The number of nitrogens with zero attached hydrogens (tertiary/aromatic N) is 1. The Kier molecular flexibility index (Phi) is 4.51. The van der Waals surface area contributed by atoms with Crippen LogP contribution in [0.25, 0.3) is 0 Å². The van der Waals surface area contributed by atoms with E-state index >= 15 is 0 Å². The summed E-state index contributed by atoms with van der Waals surface area (Å²) in [6.07, 6.45) is 0.0123. The zero-order valence-corrected chi connectivity index (χ0v) is 11.6. The molecular weight excluding hydrogens is 214 g/mol. The van der Waals surface area contributed by atoms with Crippen molar-refractivity contribution < 1.29 is 4.74 Å². The molecule has 0 aliphatic carbocycles. The Labute approximate surface area is 104 Å². The molecule has 0 fully saturated rings. The first-order valence-corrected chi connectivity index (χ1v) is 5.71. The lowest BCUT2D eigenvalue weighted by Crippen LogP contribution is -2.38. The molecule has 0 aliphatic rings.